The monoisotopic (exact) mass is 257 g/mol. The standard InChI is InChI=1S/C13H17ClFNO/c14-12-2-1-11(15)7-10(12)8-13(17)9-3-5-16-6-4-9/h1-2,7,9,13,16-17H,3-6,8H2. The molecule has 1 atom stereocenters. The second-order valence-corrected chi connectivity index (χ2v) is 5.00. The molecule has 2 nitrogen and oxygen atoms in total. The number of rotatable bonds is 3. The Morgan fingerprint density at radius 1 is 1.41 bits per heavy atom. The highest BCUT2D eigenvalue weighted by Crippen LogP contribution is 2.24. The summed E-state index contributed by atoms with van der Waals surface area (Å²) >= 11 is 5.99. The normalized spacial score (nSPS) is 19.2. The molecule has 0 aliphatic carbocycles. The summed E-state index contributed by atoms with van der Waals surface area (Å²) in [6.45, 7) is 1.89. The Morgan fingerprint density at radius 2 is 2.12 bits per heavy atom. The SMILES string of the molecule is OC(Cc1cc(F)ccc1Cl)C1CCNCC1. The Kier molecular flexibility index (Phi) is 4.37. The summed E-state index contributed by atoms with van der Waals surface area (Å²) in [5.41, 5.74) is 0.692. The van der Waals surface area contributed by atoms with Crippen molar-refractivity contribution in [3.8, 4) is 0 Å². The topological polar surface area (TPSA) is 32.3 Å². The zero-order valence-electron chi connectivity index (χ0n) is 9.63. The molecule has 0 amide bonds. The molecule has 1 unspecified atom stereocenters. The number of piperidine rings is 1. The van der Waals surface area contributed by atoms with E-state index in [1.165, 1.54) is 12.1 Å². The fourth-order valence-electron chi connectivity index (χ4n) is 2.32. The number of aliphatic hydroxyl groups excluding tert-OH is 1. The van der Waals surface area contributed by atoms with Gasteiger partial charge in [0.05, 0.1) is 6.10 Å². The van der Waals surface area contributed by atoms with E-state index in [-0.39, 0.29) is 11.7 Å². The molecule has 1 saturated heterocycles. The van der Waals surface area contributed by atoms with Gasteiger partial charge in [0.2, 0.25) is 0 Å². The Labute approximate surface area is 106 Å². The van der Waals surface area contributed by atoms with E-state index < -0.39 is 6.10 Å². The molecule has 0 radical (unpaired) electrons. The van der Waals surface area contributed by atoms with Crippen molar-refractivity contribution in [2.45, 2.75) is 25.4 Å². The maximum atomic E-state index is 13.1. The van der Waals surface area contributed by atoms with Crippen LogP contribution in [-0.4, -0.2) is 24.3 Å². The molecule has 1 aliphatic heterocycles. The molecular weight excluding hydrogens is 241 g/mol. The van der Waals surface area contributed by atoms with Crippen LogP contribution < -0.4 is 5.32 Å². The summed E-state index contributed by atoms with van der Waals surface area (Å²) in [6.07, 6.45) is 1.93. The molecule has 2 N–H and O–H groups in total. The highest BCUT2D eigenvalue weighted by molar-refractivity contribution is 6.31. The lowest BCUT2D eigenvalue weighted by Crippen LogP contribution is -2.35. The molecule has 0 saturated carbocycles. The predicted molar refractivity (Wildman–Crippen MR) is 66.7 cm³/mol. The summed E-state index contributed by atoms with van der Waals surface area (Å²) < 4.78 is 13.1. The van der Waals surface area contributed by atoms with Crippen molar-refractivity contribution in [3.05, 3.63) is 34.6 Å². The second kappa shape index (κ2) is 5.80. The van der Waals surface area contributed by atoms with E-state index in [1.54, 1.807) is 6.07 Å². The molecule has 94 valence electrons. The van der Waals surface area contributed by atoms with Crippen molar-refractivity contribution in [1.82, 2.24) is 5.32 Å². The van der Waals surface area contributed by atoms with Crippen molar-refractivity contribution in [2.75, 3.05) is 13.1 Å². The van der Waals surface area contributed by atoms with Crippen LogP contribution >= 0.6 is 11.6 Å². The maximum Gasteiger partial charge on any atom is 0.123 e. The van der Waals surface area contributed by atoms with Crippen LogP contribution in [0.5, 0.6) is 0 Å². The number of nitrogens with one attached hydrogen (secondary N) is 1. The number of halogens is 2. The fraction of sp³-hybridized carbons (Fsp3) is 0.538. The highest BCUT2D eigenvalue weighted by Gasteiger charge is 2.22. The second-order valence-electron chi connectivity index (χ2n) is 4.59. The molecule has 17 heavy (non-hydrogen) atoms. The first-order chi connectivity index (χ1) is 8.16. The summed E-state index contributed by atoms with van der Waals surface area (Å²) in [7, 11) is 0. The number of benzene rings is 1. The lowest BCUT2D eigenvalue weighted by Gasteiger charge is -2.27. The first kappa shape index (κ1) is 12.8. The number of hydrogen-bond donors (Lipinski definition) is 2. The van der Waals surface area contributed by atoms with E-state index in [0.29, 0.717) is 17.0 Å². The maximum absolute atomic E-state index is 13.1. The zero-order chi connectivity index (χ0) is 12.3. The zero-order valence-corrected chi connectivity index (χ0v) is 10.4. The Morgan fingerprint density at radius 3 is 2.82 bits per heavy atom. The summed E-state index contributed by atoms with van der Waals surface area (Å²) in [4.78, 5) is 0. The average molecular weight is 258 g/mol. The third kappa shape index (κ3) is 3.41. The van der Waals surface area contributed by atoms with Gasteiger partial charge in [0.15, 0.2) is 0 Å². The minimum atomic E-state index is -0.434. The molecule has 1 aromatic rings. The van der Waals surface area contributed by atoms with Crippen molar-refractivity contribution in [1.29, 1.82) is 0 Å². The van der Waals surface area contributed by atoms with Crippen LogP contribution in [-0.2, 0) is 6.42 Å². The largest absolute Gasteiger partial charge is 0.392 e. The molecule has 1 fully saturated rings. The third-order valence-electron chi connectivity index (χ3n) is 3.36. The molecular formula is C13H17ClFNO. The third-order valence-corrected chi connectivity index (χ3v) is 3.73. The average Bonchev–Trinajstić information content (AvgIpc) is 2.35. The van der Waals surface area contributed by atoms with Gasteiger partial charge in [0.25, 0.3) is 0 Å². The molecule has 0 aromatic heterocycles. The first-order valence-electron chi connectivity index (χ1n) is 5.99. The Hall–Kier alpha value is -0.640. The van der Waals surface area contributed by atoms with Crippen LogP contribution in [0, 0.1) is 11.7 Å². The van der Waals surface area contributed by atoms with Crippen molar-refractivity contribution < 1.29 is 9.50 Å². The summed E-state index contributed by atoms with van der Waals surface area (Å²) in [5, 5.41) is 13.9. The number of aliphatic hydroxyl groups is 1. The Balaban J connectivity index is 2.01. The van der Waals surface area contributed by atoms with Gasteiger partial charge >= 0.3 is 0 Å². The van der Waals surface area contributed by atoms with E-state index in [4.69, 9.17) is 11.6 Å². The lowest BCUT2D eigenvalue weighted by molar-refractivity contribution is 0.0890. The molecule has 0 bridgehead atoms. The van der Waals surface area contributed by atoms with Crippen LogP contribution in [0.3, 0.4) is 0 Å². The number of hydrogen-bond acceptors (Lipinski definition) is 2. The van der Waals surface area contributed by atoms with Crippen molar-refractivity contribution >= 4 is 11.6 Å². The minimum absolute atomic E-state index is 0.288. The molecule has 0 spiro atoms. The van der Waals surface area contributed by atoms with E-state index in [0.717, 1.165) is 25.9 Å². The van der Waals surface area contributed by atoms with Gasteiger partial charge in [0, 0.05) is 11.4 Å². The van der Waals surface area contributed by atoms with Gasteiger partial charge in [-0.1, -0.05) is 11.6 Å². The fourth-order valence-corrected chi connectivity index (χ4v) is 2.52. The lowest BCUT2D eigenvalue weighted by atomic mass is 9.88. The molecule has 4 heteroatoms. The van der Waals surface area contributed by atoms with Gasteiger partial charge in [-0.3, -0.25) is 0 Å². The van der Waals surface area contributed by atoms with Gasteiger partial charge in [0.1, 0.15) is 5.82 Å². The van der Waals surface area contributed by atoms with Crippen LogP contribution in [0.15, 0.2) is 18.2 Å². The highest BCUT2D eigenvalue weighted by atomic mass is 35.5. The first-order valence-corrected chi connectivity index (χ1v) is 6.37. The van der Waals surface area contributed by atoms with Crippen LogP contribution in [0.1, 0.15) is 18.4 Å². The molecule has 1 aliphatic rings. The van der Waals surface area contributed by atoms with Crippen LogP contribution in [0.4, 0.5) is 4.39 Å². The van der Waals surface area contributed by atoms with Crippen LogP contribution in [0.2, 0.25) is 5.02 Å². The van der Waals surface area contributed by atoms with Gasteiger partial charge in [-0.05, 0) is 55.6 Å². The predicted octanol–water partition coefficient (Wildman–Crippen LogP) is 2.38. The van der Waals surface area contributed by atoms with E-state index in [1.807, 2.05) is 0 Å². The van der Waals surface area contributed by atoms with Crippen molar-refractivity contribution in [2.24, 2.45) is 5.92 Å². The van der Waals surface area contributed by atoms with E-state index in [9.17, 15) is 9.50 Å². The summed E-state index contributed by atoms with van der Waals surface area (Å²) in [5.74, 6) is -0.0162. The molecule has 2 rings (SSSR count). The molecule has 1 heterocycles. The van der Waals surface area contributed by atoms with Gasteiger partial charge in [-0.15, -0.1) is 0 Å². The van der Waals surface area contributed by atoms with Gasteiger partial charge < -0.3 is 10.4 Å². The van der Waals surface area contributed by atoms with Gasteiger partial charge in [-0.25, -0.2) is 4.39 Å². The van der Waals surface area contributed by atoms with Crippen molar-refractivity contribution in [3.63, 3.8) is 0 Å². The smallest absolute Gasteiger partial charge is 0.123 e. The molecule has 1 aromatic carbocycles. The van der Waals surface area contributed by atoms with E-state index in [2.05, 4.69) is 5.32 Å². The van der Waals surface area contributed by atoms with Crippen LogP contribution in [0.25, 0.3) is 0 Å². The quantitative estimate of drug-likeness (QED) is 0.872. The Bertz CT molecular complexity index is 380. The minimum Gasteiger partial charge on any atom is -0.392 e. The van der Waals surface area contributed by atoms with E-state index >= 15 is 0 Å². The van der Waals surface area contributed by atoms with Gasteiger partial charge in [-0.2, -0.15) is 0 Å². The summed E-state index contributed by atoms with van der Waals surface area (Å²) in [6, 6.07) is 4.29.